The molecule has 1 saturated carbocycles. The number of hydrogen-bond donors (Lipinski definition) is 2. The van der Waals surface area contributed by atoms with Gasteiger partial charge < -0.3 is 20.3 Å². The number of carbonyl (C=O) groups excluding carboxylic acids is 3. The van der Waals surface area contributed by atoms with E-state index < -0.39 is 0 Å². The molecule has 2 N–H and O–H groups in total. The van der Waals surface area contributed by atoms with E-state index in [1.165, 1.54) is 17.8 Å². The van der Waals surface area contributed by atoms with Gasteiger partial charge in [0.15, 0.2) is 5.13 Å². The number of nitrogens with zero attached hydrogens (tertiary/aromatic N) is 2. The van der Waals surface area contributed by atoms with Gasteiger partial charge in [-0.2, -0.15) is 0 Å². The highest BCUT2D eigenvalue weighted by atomic mass is 32.1. The highest BCUT2D eigenvalue weighted by molar-refractivity contribution is 7.13. The Balaban J connectivity index is 1.49. The Kier molecular flexibility index (Phi) is 8.42. The normalized spacial score (nSPS) is 19.7. The van der Waals surface area contributed by atoms with E-state index >= 15 is 0 Å². The number of rotatable bonds is 9. The summed E-state index contributed by atoms with van der Waals surface area (Å²) < 4.78 is 5.65. The first-order valence-electron chi connectivity index (χ1n) is 10.5. The largest absolute Gasteiger partial charge is 0.376 e. The summed E-state index contributed by atoms with van der Waals surface area (Å²) >= 11 is 1.33. The minimum Gasteiger partial charge on any atom is -0.376 e. The second-order valence-electron chi connectivity index (χ2n) is 7.70. The summed E-state index contributed by atoms with van der Waals surface area (Å²) in [5, 5.41) is 8.03. The van der Waals surface area contributed by atoms with Crippen LogP contribution in [0.5, 0.6) is 0 Å². The lowest BCUT2D eigenvalue weighted by Gasteiger charge is -2.27. The van der Waals surface area contributed by atoms with Gasteiger partial charge >= 0.3 is 0 Å². The molecule has 160 valence electrons. The lowest BCUT2D eigenvalue weighted by molar-refractivity contribution is -0.138. The van der Waals surface area contributed by atoms with E-state index in [-0.39, 0.29) is 49.3 Å². The average Bonchev–Trinajstić information content (AvgIpc) is 3.40. The quantitative estimate of drug-likeness (QED) is 0.636. The first kappa shape index (κ1) is 21.7. The van der Waals surface area contributed by atoms with Crippen molar-refractivity contribution >= 4 is 34.2 Å². The third-order valence-corrected chi connectivity index (χ3v) is 6.04. The minimum absolute atomic E-state index is 0.0172. The van der Waals surface area contributed by atoms with Crippen LogP contribution in [0.4, 0.5) is 5.13 Å². The van der Waals surface area contributed by atoms with Gasteiger partial charge in [-0.3, -0.25) is 14.4 Å². The van der Waals surface area contributed by atoms with Crippen LogP contribution in [-0.4, -0.2) is 59.4 Å². The predicted molar refractivity (Wildman–Crippen MR) is 111 cm³/mol. The maximum absolute atomic E-state index is 12.8. The number of carbonyl (C=O) groups is 3. The summed E-state index contributed by atoms with van der Waals surface area (Å²) in [7, 11) is 0. The molecule has 2 aliphatic rings. The van der Waals surface area contributed by atoms with Crippen molar-refractivity contribution in [2.75, 3.05) is 25.0 Å². The van der Waals surface area contributed by atoms with Crippen molar-refractivity contribution in [3.05, 3.63) is 11.6 Å². The van der Waals surface area contributed by atoms with Crippen LogP contribution < -0.4 is 10.6 Å². The minimum atomic E-state index is -0.253. The third kappa shape index (κ3) is 7.40. The Morgan fingerprint density at radius 3 is 2.62 bits per heavy atom. The van der Waals surface area contributed by atoms with Crippen molar-refractivity contribution < 1.29 is 19.1 Å². The Morgan fingerprint density at radius 2 is 1.93 bits per heavy atom. The SMILES string of the molecule is O=C(CCC(=O)N(CC(=O)NC1CCCCC1)C[C@@H]1CCCO1)Nc1nccs1. The number of amides is 3. The fourth-order valence-corrected chi connectivity index (χ4v) is 4.37. The van der Waals surface area contributed by atoms with Gasteiger partial charge in [0.2, 0.25) is 17.7 Å². The average molecular weight is 423 g/mol. The zero-order valence-electron chi connectivity index (χ0n) is 16.7. The second kappa shape index (κ2) is 11.3. The second-order valence-corrected chi connectivity index (χ2v) is 8.59. The molecule has 1 aliphatic carbocycles. The van der Waals surface area contributed by atoms with Crippen LogP contribution in [0.1, 0.15) is 57.8 Å². The van der Waals surface area contributed by atoms with Crippen molar-refractivity contribution in [2.24, 2.45) is 0 Å². The lowest BCUT2D eigenvalue weighted by atomic mass is 9.95. The Bertz CT molecular complexity index is 670. The van der Waals surface area contributed by atoms with Gasteiger partial charge in [-0.1, -0.05) is 19.3 Å². The summed E-state index contributed by atoms with van der Waals surface area (Å²) in [4.78, 5) is 42.9. The monoisotopic (exact) mass is 422 g/mol. The molecule has 1 saturated heterocycles. The molecule has 3 amide bonds. The van der Waals surface area contributed by atoms with Gasteiger partial charge in [0, 0.05) is 43.6 Å². The summed E-state index contributed by atoms with van der Waals surface area (Å²) in [5.41, 5.74) is 0. The fraction of sp³-hybridized carbons (Fsp3) is 0.700. The van der Waals surface area contributed by atoms with Crippen LogP contribution >= 0.6 is 11.3 Å². The van der Waals surface area contributed by atoms with Gasteiger partial charge in [-0.15, -0.1) is 11.3 Å². The molecule has 1 atom stereocenters. The van der Waals surface area contributed by atoms with Crippen molar-refractivity contribution in [3.63, 3.8) is 0 Å². The van der Waals surface area contributed by atoms with Gasteiger partial charge in [0.1, 0.15) is 0 Å². The van der Waals surface area contributed by atoms with Crippen LogP contribution in [0.25, 0.3) is 0 Å². The molecule has 1 aromatic heterocycles. The third-order valence-electron chi connectivity index (χ3n) is 5.35. The summed E-state index contributed by atoms with van der Waals surface area (Å²) in [6.45, 7) is 1.10. The zero-order valence-corrected chi connectivity index (χ0v) is 17.5. The van der Waals surface area contributed by atoms with Crippen LogP contribution in [0.3, 0.4) is 0 Å². The number of nitrogens with one attached hydrogen (secondary N) is 2. The number of aromatic nitrogens is 1. The molecule has 0 radical (unpaired) electrons. The van der Waals surface area contributed by atoms with Crippen molar-refractivity contribution in [3.8, 4) is 0 Å². The van der Waals surface area contributed by atoms with E-state index in [1.807, 2.05) is 0 Å². The van der Waals surface area contributed by atoms with Crippen molar-refractivity contribution in [1.29, 1.82) is 0 Å². The van der Waals surface area contributed by atoms with Gasteiger partial charge in [0.25, 0.3) is 0 Å². The molecule has 1 aliphatic heterocycles. The first-order chi connectivity index (χ1) is 14.1. The van der Waals surface area contributed by atoms with Crippen molar-refractivity contribution in [1.82, 2.24) is 15.2 Å². The van der Waals surface area contributed by atoms with E-state index in [2.05, 4.69) is 15.6 Å². The van der Waals surface area contributed by atoms with Crippen LogP contribution in [0.15, 0.2) is 11.6 Å². The number of thiazole rings is 1. The summed E-state index contributed by atoms with van der Waals surface area (Å²) in [6.07, 6.45) is 9.05. The molecular formula is C20H30N4O4S. The fourth-order valence-electron chi connectivity index (χ4n) is 3.83. The van der Waals surface area contributed by atoms with E-state index in [9.17, 15) is 14.4 Å². The highest BCUT2D eigenvalue weighted by Crippen LogP contribution is 2.18. The van der Waals surface area contributed by atoms with Gasteiger partial charge in [-0.25, -0.2) is 4.98 Å². The lowest BCUT2D eigenvalue weighted by Crippen LogP contribution is -2.47. The van der Waals surface area contributed by atoms with E-state index in [1.54, 1.807) is 16.5 Å². The summed E-state index contributed by atoms with van der Waals surface area (Å²) in [5.74, 6) is -0.582. The molecule has 0 bridgehead atoms. The van der Waals surface area contributed by atoms with Crippen LogP contribution in [0.2, 0.25) is 0 Å². The number of hydrogen-bond acceptors (Lipinski definition) is 6. The van der Waals surface area contributed by atoms with E-state index in [0.29, 0.717) is 18.3 Å². The number of ether oxygens (including phenoxy) is 1. The van der Waals surface area contributed by atoms with Gasteiger partial charge in [0.05, 0.1) is 12.6 Å². The van der Waals surface area contributed by atoms with Crippen molar-refractivity contribution in [2.45, 2.75) is 69.9 Å². The van der Waals surface area contributed by atoms with E-state index in [4.69, 9.17) is 4.74 Å². The van der Waals surface area contributed by atoms with Gasteiger partial charge in [-0.05, 0) is 25.7 Å². The molecule has 2 heterocycles. The Morgan fingerprint density at radius 1 is 1.10 bits per heavy atom. The molecule has 0 unspecified atom stereocenters. The van der Waals surface area contributed by atoms with Crippen LogP contribution in [-0.2, 0) is 19.1 Å². The maximum Gasteiger partial charge on any atom is 0.239 e. The van der Waals surface area contributed by atoms with E-state index in [0.717, 1.165) is 38.5 Å². The molecule has 0 spiro atoms. The standard InChI is InChI=1S/C20H30N4O4S/c25-17(23-20-21-10-12-29-20)8-9-19(27)24(13-16-7-4-11-28-16)14-18(26)22-15-5-2-1-3-6-15/h10,12,15-16H,1-9,11,13-14H2,(H,22,26)(H,21,23,25)/t16-/m0/s1. The molecule has 2 fully saturated rings. The summed E-state index contributed by atoms with van der Waals surface area (Å²) in [6, 6.07) is 0.208. The zero-order chi connectivity index (χ0) is 20.5. The smallest absolute Gasteiger partial charge is 0.239 e. The highest BCUT2D eigenvalue weighted by Gasteiger charge is 2.26. The van der Waals surface area contributed by atoms with Crippen LogP contribution in [0, 0.1) is 0 Å². The Labute approximate surface area is 175 Å². The molecule has 9 heteroatoms. The molecule has 3 rings (SSSR count). The number of anilines is 1. The maximum atomic E-state index is 12.8. The topological polar surface area (TPSA) is 101 Å². The molecular weight excluding hydrogens is 392 g/mol. The molecule has 29 heavy (non-hydrogen) atoms. The molecule has 8 nitrogen and oxygen atoms in total. The predicted octanol–water partition coefficient (Wildman–Crippen LogP) is 2.32. The Hall–Kier alpha value is -2.00. The molecule has 1 aromatic rings. The molecule has 0 aromatic carbocycles. The first-order valence-corrected chi connectivity index (χ1v) is 11.4.